The number of benzene rings is 3. The van der Waals surface area contributed by atoms with Gasteiger partial charge in [0.25, 0.3) is 5.91 Å². The smallest absolute Gasteiger partial charge is 0.280 e. The molecular formula is C21H18N2O2. The first-order chi connectivity index (χ1) is 12.3. The summed E-state index contributed by atoms with van der Waals surface area (Å²) in [5, 5.41) is 8.19. The van der Waals surface area contributed by atoms with Crippen LogP contribution in [-0.2, 0) is 4.79 Å². The molecule has 0 saturated carbocycles. The van der Waals surface area contributed by atoms with Gasteiger partial charge in [0, 0.05) is 6.42 Å². The summed E-state index contributed by atoms with van der Waals surface area (Å²) in [5.41, 5.74) is 2.01. The largest absolute Gasteiger partial charge is 0.484 e. The number of carbonyl (C=O) groups is 1. The number of ether oxygens (including phenoxy) is 1. The van der Waals surface area contributed by atoms with E-state index in [1.54, 1.807) is 0 Å². The summed E-state index contributed by atoms with van der Waals surface area (Å²) in [6, 6.07) is 23.9. The number of hydrogen-bond donors (Lipinski definition) is 0. The lowest BCUT2D eigenvalue weighted by molar-refractivity contribution is -0.132. The second kappa shape index (κ2) is 6.77. The van der Waals surface area contributed by atoms with Crippen molar-refractivity contribution in [3.8, 4) is 5.75 Å². The maximum atomic E-state index is 12.4. The Hall–Kier alpha value is -3.14. The number of fused-ring (bicyclic) bond motifs is 1. The molecule has 0 spiro atoms. The molecule has 0 radical (unpaired) electrons. The number of hydrogen-bond acceptors (Lipinski definition) is 3. The van der Waals surface area contributed by atoms with Crippen molar-refractivity contribution < 1.29 is 9.53 Å². The molecular weight excluding hydrogens is 312 g/mol. The van der Waals surface area contributed by atoms with Crippen LogP contribution in [0.25, 0.3) is 10.8 Å². The molecule has 1 aliphatic rings. The summed E-state index contributed by atoms with van der Waals surface area (Å²) < 4.78 is 5.67. The number of hydrazone groups is 1. The molecule has 0 aliphatic carbocycles. The van der Waals surface area contributed by atoms with E-state index < -0.39 is 0 Å². The molecule has 4 heteroatoms. The fourth-order valence-corrected chi connectivity index (χ4v) is 2.95. The van der Waals surface area contributed by atoms with E-state index in [0.717, 1.165) is 28.5 Å². The molecule has 25 heavy (non-hydrogen) atoms. The first kappa shape index (κ1) is 15.4. The Morgan fingerprint density at radius 1 is 0.960 bits per heavy atom. The van der Waals surface area contributed by atoms with E-state index in [4.69, 9.17) is 4.74 Å². The lowest BCUT2D eigenvalue weighted by Crippen LogP contribution is -2.28. The number of rotatable bonds is 4. The highest BCUT2D eigenvalue weighted by molar-refractivity contribution is 6.02. The Morgan fingerprint density at radius 3 is 2.56 bits per heavy atom. The van der Waals surface area contributed by atoms with E-state index in [9.17, 15) is 4.79 Å². The first-order valence-electron chi connectivity index (χ1n) is 8.34. The Morgan fingerprint density at radius 2 is 1.72 bits per heavy atom. The van der Waals surface area contributed by atoms with E-state index >= 15 is 0 Å². The second-order valence-electron chi connectivity index (χ2n) is 5.98. The highest BCUT2D eigenvalue weighted by atomic mass is 16.5. The quantitative estimate of drug-likeness (QED) is 0.729. The third kappa shape index (κ3) is 3.38. The molecule has 1 aliphatic heterocycles. The van der Waals surface area contributed by atoms with Crippen LogP contribution in [0.5, 0.6) is 5.75 Å². The summed E-state index contributed by atoms with van der Waals surface area (Å²) in [6.45, 7) is 0.591. The predicted octanol–water partition coefficient (Wildman–Crippen LogP) is 3.86. The molecule has 0 aromatic heterocycles. The van der Waals surface area contributed by atoms with Gasteiger partial charge in [-0.25, -0.2) is 5.01 Å². The van der Waals surface area contributed by atoms with Gasteiger partial charge in [-0.05, 0) is 28.5 Å². The van der Waals surface area contributed by atoms with Crippen molar-refractivity contribution in [3.05, 3.63) is 78.4 Å². The van der Waals surface area contributed by atoms with Crippen LogP contribution in [0.4, 0.5) is 0 Å². The molecule has 0 N–H and O–H groups in total. The van der Waals surface area contributed by atoms with E-state index in [1.165, 1.54) is 5.01 Å². The average molecular weight is 330 g/mol. The van der Waals surface area contributed by atoms with Gasteiger partial charge in [-0.1, -0.05) is 60.7 Å². The van der Waals surface area contributed by atoms with Crippen LogP contribution in [0.15, 0.2) is 77.9 Å². The summed E-state index contributed by atoms with van der Waals surface area (Å²) in [5.74, 6) is 0.567. The zero-order chi connectivity index (χ0) is 17.1. The maximum Gasteiger partial charge on any atom is 0.280 e. The molecule has 1 heterocycles. The zero-order valence-corrected chi connectivity index (χ0v) is 13.8. The minimum absolute atomic E-state index is 0.0100. The van der Waals surface area contributed by atoms with Gasteiger partial charge in [0.15, 0.2) is 6.61 Å². The molecule has 3 aromatic carbocycles. The monoisotopic (exact) mass is 330 g/mol. The molecule has 4 rings (SSSR count). The zero-order valence-electron chi connectivity index (χ0n) is 13.8. The van der Waals surface area contributed by atoms with Crippen LogP contribution in [0.3, 0.4) is 0 Å². The fraction of sp³-hybridized carbons (Fsp3) is 0.143. The standard InChI is InChI=1S/C21H18N2O2/c24-21(23-13-12-20(22-23)17-7-2-1-3-8-17)15-25-19-11-10-16-6-4-5-9-18(16)14-19/h1-11,14H,12-13,15H2. The highest BCUT2D eigenvalue weighted by Gasteiger charge is 2.21. The number of amides is 1. The molecule has 4 nitrogen and oxygen atoms in total. The Balaban J connectivity index is 1.41. The van der Waals surface area contributed by atoms with Gasteiger partial charge in [-0.2, -0.15) is 5.10 Å². The van der Waals surface area contributed by atoms with Crippen LogP contribution < -0.4 is 4.74 Å². The van der Waals surface area contributed by atoms with E-state index in [1.807, 2.05) is 72.8 Å². The first-order valence-corrected chi connectivity index (χ1v) is 8.34. The lowest BCUT2D eigenvalue weighted by Gasteiger charge is -2.12. The molecule has 0 saturated heterocycles. The van der Waals surface area contributed by atoms with Gasteiger partial charge < -0.3 is 4.74 Å². The van der Waals surface area contributed by atoms with Gasteiger partial charge >= 0.3 is 0 Å². The summed E-state index contributed by atoms with van der Waals surface area (Å²) >= 11 is 0. The predicted molar refractivity (Wildman–Crippen MR) is 98.8 cm³/mol. The molecule has 0 fully saturated rings. The summed E-state index contributed by atoms with van der Waals surface area (Å²) in [6.07, 6.45) is 0.770. The Bertz CT molecular complexity index is 935. The third-order valence-electron chi connectivity index (χ3n) is 4.28. The van der Waals surface area contributed by atoms with Crippen LogP contribution in [0.2, 0.25) is 0 Å². The molecule has 0 unspecified atom stereocenters. The average Bonchev–Trinajstić information content (AvgIpc) is 3.17. The fourth-order valence-electron chi connectivity index (χ4n) is 2.95. The SMILES string of the molecule is O=C(COc1ccc2ccccc2c1)N1CCC(c2ccccc2)=N1. The normalized spacial score (nSPS) is 13.8. The topological polar surface area (TPSA) is 41.9 Å². The third-order valence-corrected chi connectivity index (χ3v) is 4.28. The Labute approximate surface area is 146 Å². The summed E-state index contributed by atoms with van der Waals surface area (Å²) in [7, 11) is 0. The van der Waals surface area contributed by atoms with E-state index in [-0.39, 0.29) is 12.5 Å². The van der Waals surface area contributed by atoms with Crippen molar-refractivity contribution in [1.29, 1.82) is 0 Å². The highest BCUT2D eigenvalue weighted by Crippen LogP contribution is 2.21. The van der Waals surface area contributed by atoms with E-state index in [2.05, 4.69) is 5.10 Å². The molecule has 1 amide bonds. The van der Waals surface area contributed by atoms with Gasteiger partial charge in [-0.15, -0.1) is 0 Å². The summed E-state index contributed by atoms with van der Waals surface area (Å²) in [4.78, 5) is 12.4. The molecule has 3 aromatic rings. The molecule has 0 atom stereocenters. The van der Waals surface area contributed by atoms with Gasteiger partial charge in [-0.3, -0.25) is 4.79 Å². The van der Waals surface area contributed by atoms with Crippen molar-refractivity contribution in [3.63, 3.8) is 0 Å². The second-order valence-corrected chi connectivity index (χ2v) is 5.98. The van der Waals surface area contributed by atoms with Crippen LogP contribution in [-0.4, -0.2) is 29.8 Å². The van der Waals surface area contributed by atoms with Crippen LogP contribution in [0, 0.1) is 0 Å². The lowest BCUT2D eigenvalue weighted by atomic mass is 10.1. The van der Waals surface area contributed by atoms with Crippen LogP contribution >= 0.6 is 0 Å². The number of nitrogens with zero attached hydrogens (tertiary/aromatic N) is 2. The maximum absolute atomic E-state index is 12.4. The number of carbonyl (C=O) groups excluding carboxylic acids is 1. The minimum Gasteiger partial charge on any atom is -0.484 e. The van der Waals surface area contributed by atoms with Gasteiger partial charge in [0.2, 0.25) is 0 Å². The van der Waals surface area contributed by atoms with Gasteiger partial charge in [0.1, 0.15) is 5.75 Å². The van der Waals surface area contributed by atoms with Crippen molar-refractivity contribution >= 4 is 22.4 Å². The van der Waals surface area contributed by atoms with Gasteiger partial charge in [0.05, 0.1) is 12.3 Å². The van der Waals surface area contributed by atoms with Crippen molar-refractivity contribution in [2.24, 2.45) is 5.10 Å². The molecule has 124 valence electrons. The van der Waals surface area contributed by atoms with Crippen LogP contribution in [0.1, 0.15) is 12.0 Å². The Kier molecular flexibility index (Phi) is 4.17. The van der Waals surface area contributed by atoms with E-state index in [0.29, 0.717) is 12.3 Å². The minimum atomic E-state index is -0.126. The van der Waals surface area contributed by atoms with Crippen molar-refractivity contribution in [2.75, 3.05) is 13.2 Å². The van der Waals surface area contributed by atoms with Crippen molar-refractivity contribution in [2.45, 2.75) is 6.42 Å². The van der Waals surface area contributed by atoms with Crippen molar-refractivity contribution in [1.82, 2.24) is 5.01 Å². The molecule has 0 bridgehead atoms.